The summed E-state index contributed by atoms with van der Waals surface area (Å²) in [6.07, 6.45) is 7.34. The van der Waals surface area contributed by atoms with Crippen LogP contribution < -0.4 is 11.1 Å². The fourth-order valence-corrected chi connectivity index (χ4v) is 5.91. The number of aryl methyl sites for hydroxylation is 2. The zero-order valence-corrected chi connectivity index (χ0v) is 17.1. The highest BCUT2D eigenvalue weighted by atomic mass is 32.1. The number of hydrogen-bond acceptors (Lipinski definition) is 4. The zero-order chi connectivity index (χ0) is 19.7. The van der Waals surface area contributed by atoms with Crippen LogP contribution in [0.4, 0.5) is 5.00 Å². The lowest BCUT2D eigenvalue weighted by Crippen LogP contribution is -2.35. The number of anilines is 1. The summed E-state index contributed by atoms with van der Waals surface area (Å²) in [5.41, 5.74) is 9.92. The highest BCUT2D eigenvalue weighted by Crippen LogP contribution is 2.38. The Morgan fingerprint density at radius 3 is 2.79 bits per heavy atom. The number of carbonyl (C=O) groups is 2. The Morgan fingerprint density at radius 1 is 1.18 bits per heavy atom. The number of amides is 2. The first-order chi connectivity index (χ1) is 13.5. The Hall–Kier alpha value is -2.18. The van der Waals surface area contributed by atoms with Crippen LogP contribution in [0.15, 0.2) is 24.3 Å². The van der Waals surface area contributed by atoms with E-state index < -0.39 is 5.91 Å². The number of nitrogens with one attached hydrogen (secondary N) is 1. The van der Waals surface area contributed by atoms with Crippen LogP contribution in [0.2, 0.25) is 0 Å². The van der Waals surface area contributed by atoms with Crippen LogP contribution in [0.3, 0.4) is 0 Å². The predicted molar refractivity (Wildman–Crippen MR) is 113 cm³/mol. The summed E-state index contributed by atoms with van der Waals surface area (Å²) >= 11 is 1.52. The molecule has 1 aromatic carbocycles. The highest BCUT2D eigenvalue weighted by Gasteiger charge is 2.27. The second-order valence-corrected chi connectivity index (χ2v) is 8.95. The first kappa shape index (κ1) is 19.2. The minimum absolute atomic E-state index is 0.0911. The molecule has 1 heterocycles. The molecule has 0 spiro atoms. The van der Waals surface area contributed by atoms with Crippen molar-refractivity contribution in [2.24, 2.45) is 5.73 Å². The molecule has 0 aliphatic heterocycles. The van der Waals surface area contributed by atoms with E-state index in [4.69, 9.17) is 5.73 Å². The lowest BCUT2D eigenvalue weighted by molar-refractivity contribution is -0.117. The van der Waals surface area contributed by atoms with Crippen molar-refractivity contribution >= 4 is 28.2 Å². The van der Waals surface area contributed by atoms with Crippen LogP contribution in [0.25, 0.3) is 0 Å². The first-order valence-electron chi connectivity index (χ1n) is 10.1. The van der Waals surface area contributed by atoms with Crippen molar-refractivity contribution in [2.45, 2.75) is 51.0 Å². The molecule has 5 nitrogen and oxygen atoms in total. The molecule has 28 heavy (non-hydrogen) atoms. The molecule has 0 fully saturated rings. The largest absolute Gasteiger partial charge is 0.365 e. The van der Waals surface area contributed by atoms with Crippen LogP contribution in [0.5, 0.6) is 0 Å². The Balaban J connectivity index is 1.48. The van der Waals surface area contributed by atoms with Gasteiger partial charge in [0.15, 0.2) is 0 Å². The second-order valence-electron chi connectivity index (χ2n) is 7.85. The lowest BCUT2D eigenvalue weighted by Gasteiger charge is -2.32. The van der Waals surface area contributed by atoms with Gasteiger partial charge in [-0.3, -0.25) is 14.5 Å². The molecule has 0 bridgehead atoms. The number of primary amides is 1. The fourth-order valence-electron chi connectivity index (χ4n) is 4.60. The number of fused-ring (bicyclic) bond motifs is 2. The smallest absolute Gasteiger partial charge is 0.251 e. The molecule has 2 aliphatic rings. The zero-order valence-electron chi connectivity index (χ0n) is 16.3. The minimum atomic E-state index is -0.440. The monoisotopic (exact) mass is 397 g/mol. The van der Waals surface area contributed by atoms with Crippen molar-refractivity contribution in [1.82, 2.24) is 4.90 Å². The molecule has 1 aromatic heterocycles. The van der Waals surface area contributed by atoms with Crippen molar-refractivity contribution in [3.05, 3.63) is 51.4 Å². The minimum Gasteiger partial charge on any atom is -0.365 e. The number of thiophene rings is 1. The maximum Gasteiger partial charge on any atom is 0.251 e. The second kappa shape index (κ2) is 8.05. The number of nitrogens with two attached hydrogens (primary N) is 1. The summed E-state index contributed by atoms with van der Waals surface area (Å²) in [5.74, 6) is -0.532. The van der Waals surface area contributed by atoms with E-state index in [2.05, 4.69) is 34.5 Å². The molecular formula is C22H27N3O2S. The van der Waals surface area contributed by atoms with Gasteiger partial charge in [0.2, 0.25) is 5.91 Å². The summed E-state index contributed by atoms with van der Waals surface area (Å²) < 4.78 is 0. The van der Waals surface area contributed by atoms with Gasteiger partial charge in [-0.1, -0.05) is 24.3 Å². The Morgan fingerprint density at radius 2 is 1.96 bits per heavy atom. The molecule has 2 amide bonds. The van der Waals surface area contributed by atoms with Crippen molar-refractivity contribution in [3.63, 3.8) is 0 Å². The molecule has 0 saturated heterocycles. The quantitative estimate of drug-likeness (QED) is 0.808. The molecule has 6 heteroatoms. The van der Waals surface area contributed by atoms with Crippen molar-refractivity contribution in [3.8, 4) is 0 Å². The third kappa shape index (κ3) is 3.71. The van der Waals surface area contributed by atoms with Gasteiger partial charge < -0.3 is 11.1 Å². The summed E-state index contributed by atoms with van der Waals surface area (Å²) in [6, 6.07) is 8.76. The fraction of sp³-hybridized carbons (Fsp3) is 0.455. The number of benzene rings is 1. The number of carbonyl (C=O) groups excluding carboxylic acids is 2. The molecule has 4 rings (SSSR count). The summed E-state index contributed by atoms with van der Waals surface area (Å²) in [6.45, 7) is 0.291. The van der Waals surface area contributed by atoms with Crippen molar-refractivity contribution in [2.75, 3.05) is 18.9 Å². The SMILES string of the molecule is CN(CC(=O)Nc1sc2c(c1C(N)=O)CCCC2)C1CCCc2ccccc21. The summed E-state index contributed by atoms with van der Waals surface area (Å²) in [4.78, 5) is 28.1. The molecule has 3 N–H and O–H groups in total. The lowest BCUT2D eigenvalue weighted by atomic mass is 9.87. The van der Waals surface area contributed by atoms with Gasteiger partial charge in [0.1, 0.15) is 5.00 Å². The van der Waals surface area contributed by atoms with Gasteiger partial charge in [0.25, 0.3) is 5.91 Å². The highest BCUT2D eigenvalue weighted by molar-refractivity contribution is 7.17. The van der Waals surface area contributed by atoms with Crippen LogP contribution in [-0.4, -0.2) is 30.3 Å². The topological polar surface area (TPSA) is 75.4 Å². The van der Waals surface area contributed by atoms with Crippen LogP contribution in [0, 0.1) is 0 Å². The van der Waals surface area contributed by atoms with E-state index >= 15 is 0 Å². The summed E-state index contributed by atoms with van der Waals surface area (Å²) in [5, 5.41) is 3.61. The van der Waals surface area contributed by atoms with Crippen LogP contribution in [0.1, 0.15) is 63.7 Å². The third-order valence-electron chi connectivity index (χ3n) is 5.93. The Bertz CT molecular complexity index is 905. The molecule has 2 aromatic rings. The third-order valence-corrected chi connectivity index (χ3v) is 7.14. The van der Waals surface area contributed by atoms with E-state index in [0.29, 0.717) is 17.1 Å². The van der Waals surface area contributed by atoms with Crippen LogP contribution >= 0.6 is 11.3 Å². The van der Waals surface area contributed by atoms with E-state index in [1.807, 2.05) is 7.05 Å². The summed E-state index contributed by atoms with van der Waals surface area (Å²) in [7, 11) is 2.00. The van der Waals surface area contributed by atoms with Gasteiger partial charge in [-0.15, -0.1) is 11.3 Å². The molecule has 0 radical (unpaired) electrons. The van der Waals surface area contributed by atoms with Gasteiger partial charge in [-0.2, -0.15) is 0 Å². The Labute approximate surface area is 169 Å². The molecule has 148 valence electrons. The standard InChI is InChI=1S/C22H27N3O2S/c1-25(17-11-6-8-14-7-2-3-9-15(14)17)13-19(26)24-22-20(21(23)27)16-10-4-5-12-18(16)28-22/h2-3,7,9,17H,4-6,8,10-13H2,1H3,(H2,23,27)(H,24,26). The Kier molecular flexibility index (Phi) is 5.51. The molecule has 1 atom stereocenters. The van der Waals surface area contributed by atoms with E-state index in [-0.39, 0.29) is 11.9 Å². The maximum atomic E-state index is 12.8. The average molecular weight is 398 g/mol. The van der Waals surface area contributed by atoms with Gasteiger partial charge in [0, 0.05) is 10.9 Å². The van der Waals surface area contributed by atoms with Gasteiger partial charge in [0.05, 0.1) is 12.1 Å². The maximum absolute atomic E-state index is 12.8. The number of rotatable bonds is 5. The first-order valence-corrected chi connectivity index (χ1v) is 10.9. The number of hydrogen-bond donors (Lipinski definition) is 2. The van der Waals surface area contributed by atoms with Gasteiger partial charge in [-0.25, -0.2) is 0 Å². The average Bonchev–Trinajstić information content (AvgIpc) is 3.05. The van der Waals surface area contributed by atoms with E-state index in [9.17, 15) is 9.59 Å². The number of likely N-dealkylation sites (N-methyl/N-ethyl adjacent to an activating group) is 1. The van der Waals surface area contributed by atoms with E-state index in [1.165, 1.54) is 27.3 Å². The van der Waals surface area contributed by atoms with Crippen molar-refractivity contribution in [1.29, 1.82) is 0 Å². The van der Waals surface area contributed by atoms with Crippen LogP contribution in [-0.2, 0) is 24.1 Å². The molecule has 1 unspecified atom stereocenters. The van der Waals surface area contributed by atoms with E-state index in [1.54, 1.807) is 0 Å². The van der Waals surface area contributed by atoms with Gasteiger partial charge >= 0.3 is 0 Å². The molecule has 2 aliphatic carbocycles. The molecular weight excluding hydrogens is 370 g/mol. The normalized spacial score (nSPS) is 18.4. The van der Waals surface area contributed by atoms with Crippen molar-refractivity contribution < 1.29 is 9.59 Å². The van der Waals surface area contributed by atoms with Gasteiger partial charge in [-0.05, 0) is 68.7 Å². The van der Waals surface area contributed by atoms with E-state index in [0.717, 1.165) is 50.5 Å². The number of nitrogens with zero attached hydrogens (tertiary/aromatic N) is 1. The molecule has 0 saturated carbocycles. The predicted octanol–water partition coefficient (Wildman–Crippen LogP) is 3.67.